The summed E-state index contributed by atoms with van der Waals surface area (Å²) in [6.45, 7) is 3.39. The molecule has 3 heterocycles. The highest BCUT2D eigenvalue weighted by molar-refractivity contribution is 6.00. The van der Waals surface area contributed by atoms with Gasteiger partial charge in [-0.3, -0.25) is 9.89 Å². The number of carbonyl (C=O) groups is 1. The second-order valence-electron chi connectivity index (χ2n) is 8.03. The van der Waals surface area contributed by atoms with Gasteiger partial charge in [-0.25, -0.2) is 0 Å². The Bertz CT molecular complexity index is 1150. The van der Waals surface area contributed by atoms with Crippen LogP contribution in [0.2, 0.25) is 0 Å². The molecule has 5 rings (SSSR count). The van der Waals surface area contributed by atoms with Crippen molar-refractivity contribution in [2.75, 3.05) is 19.8 Å². The van der Waals surface area contributed by atoms with Gasteiger partial charge in [0, 0.05) is 24.3 Å². The molecule has 0 radical (unpaired) electrons. The fraction of sp³-hybridized carbons (Fsp3) is 0.333. The number of hydrogen-bond donors (Lipinski definition) is 3. The van der Waals surface area contributed by atoms with Gasteiger partial charge in [-0.1, -0.05) is 18.2 Å². The van der Waals surface area contributed by atoms with Crippen molar-refractivity contribution < 1.29 is 24.5 Å². The number of carbonyl (C=O) groups excluding carboxylic acids is 1. The number of hydrogen-bond acceptors (Lipinski definition) is 6. The number of benzene rings is 2. The molecule has 1 fully saturated rings. The molecule has 1 aromatic heterocycles. The van der Waals surface area contributed by atoms with E-state index in [-0.39, 0.29) is 23.5 Å². The molecule has 0 bridgehead atoms. The number of rotatable bonds is 6. The summed E-state index contributed by atoms with van der Waals surface area (Å²) >= 11 is 0. The van der Waals surface area contributed by atoms with E-state index in [0.717, 1.165) is 18.4 Å². The lowest BCUT2D eigenvalue weighted by molar-refractivity contribution is 0.0495. The number of aromatic hydroxyl groups is 2. The van der Waals surface area contributed by atoms with Crippen LogP contribution >= 0.6 is 0 Å². The third-order valence-corrected chi connectivity index (χ3v) is 6.05. The van der Waals surface area contributed by atoms with E-state index in [1.165, 1.54) is 0 Å². The average Bonchev–Trinajstić information content (AvgIpc) is 3.50. The predicted molar refractivity (Wildman–Crippen MR) is 117 cm³/mol. The van der Waals surface area contributed by atoms with Crippen molar-refractivity contribution in [3.63, 3.8) is 0 Å². The average molecular weight is 435 g/mol. The number of aromatic nitrogens is 2. The van der Waals surface area contributed by atoms with E-state index in [1.807, 2.05) is 13.0 Å². The summed E-state index contributed by atoms with van der Waals surface area (Å²) < 4.78 is 11.4. The highest BCUT2D eigenvalue weighted by Crippen LogP contribution is 2.46. The number of ether oxygens (including phenoxy) is 2. The van der Waals surface area contributed by atoms with Gasteiger partial charge in [-0.05, 0) is 49.6 Å². The van der Waals surface area contributed by atoms with Crippen LogP contribution in [-0.4, -0.2) is 57.1 Å². The normalized spacial score (nSPS) is 20.0. The van der Waals surface area contributed by atoms with Crippen molar-refractivity contribution in [3.8, 4) is 28.5 Å². The van der Waals surface area contributed by atoms with Crippen LogP contribution in [0.25, 0.3) is 11.3 Å². The summed E-state index contributed by atoms with van der Waals surface area (Å²) in [4.78, 5) is 15.2. The van der Waals surface area contributed by atoms with E-state index in [4.69, 9.17) is 9.47 Å². The number of para-hydroxylation sites is 1. The smallest absolute Gasteiger partial charge is 0.273 e. The molecule has 166 valence electrons. The molecule has 2 atom stereocenters. The first-order valence-corrected chi connectivity index (χ1v) is 10.8. The van der Waals surface area contributed by atoms with Gasteiger partial charge >= 0.3 is 0 Å². The van der Waals surface area contributed by atoms with Crippen LogP contribution in [0, 0.1) is 0 Å². The van der Waals surface area contributed by atoms with Gasteiger partial charge in [0.2, 0.25) is 0 Å². The van der Waals surface area contributed by atoms with E-state index in [0.29, 0.717) is 48.0 Å². The molecule has 1 amide bonds. The fourth-order valence-electron chi connectivity index (χ4n) is 4.59. The summed E-state index contributed by atoms with van der Waals surface area (Å²) in [5.41, 5.74) is 2.96. The molecule has 3 N–H and O–H groups in total. The molecule has 2 aliphatic rings. The lowest BCUT2D eigenvalue weighted by Gasteiger charge is -2.29. The molecule has 8 heteroatoms. The lowest BCUT2D eigenvalue weighted by atomic mass is 9.95. The zero-order chi connectivity index (χ0) is 22.2. The molecule has 2 aromatic carbocycles. The van der Waals surface area contributed by atoms with Gasteiger partial charge in [-0.2, -0.15) is 5.10 Å². The van der Waals surface area contributed by atoms with Crippen molar-refractivity contribution in [3.05, 3.63) is 59.3 Å². The largest absolute Gasteiger partial charge is 0.507 e. The van der Waals surface area contributed by atoms with Crippen LogP contribution in [0.3, 0.4) is 0 Å². The summed E-state index contributed by atoms with van der Waals surface area (Å²) in [6, 6.07) is 11.6. The minimum atomic E-state index is -0.463. The number of aromatic amines is 1. The first-order valence-electron chi connectivity index (χ1n) is 10.8. The topological polar surface area (TPSA) is 108 Å². The first-order chi connectivity index (χ1) is 15.6. The maximum atomic E-state index is 13.4. The van der Waals surface area contributed by atoms with Crippen LogP contribution in [0.4, 0.5) is 0 Å². The molecular formula is C24H25N3O5. The Labute approximate surface area is 185 Å². The highest BCUT2D eigenvalue weighted by atomic mass is 16.5. The summed E-state index contributed by atoms with van der Waals surface area (Å²) in [6.07, 6.45) is 1.84. The number of phenols is 2. The Morgan fingerprint density at radius 2 is 2.06 bits per heavy atom. The van der Waals surface area contributed by atoms with E-state index in [1.54, 1.807) is 41.3 Å². The molecule has 1 saturated heterocycles. The summed E-state index contributed by atoms with van der Waals surface area (Å²) in [7, 11) is 0. The van der Waals surface area contributed by atoms with Crippen LogP contribution in [-0.2, 0) is 4.74 Å². The summed E-state index contributed by atoms with van der Waals surface area (Å²) in [5, 5.41) is 27.9. The van der Waals surface area contributed by atoms with Gasteiger partial charge in [0.05, 0.1) is 18.8 Å². The molecule has 32 heavy (non-hydrogen) atoms. The lowest BCUT2D eigenvalue weighted by Crippen LogP contribution is -2.36. The van der Waals surface area contributed by atoms with E-state index >= 15 is 0 Å². The maximum absolute atomic E-state index is 13.4. The predicted octanol–water partition coefficient (Wildman–Crippen LogP) is 3.61. The quantitative estimate of drug-likeness (QED) is 0.546. The molecule has 2 unspecified atom stereocenters. The Morgan fingerprint density at radius 3 is 2.81 bits per heavy atom. The zero-order valence-electron chi connectivity index (χ0n) is 17.7. The monoisotopic (exact) mass is 435 g/mol. The molecule has 2 aliphatic heterocycles. The first kappa shape index (κ1) is 20.4. The Morgan fingerprint density at radius 1 is 1.22 bits per heavy atom. The van der Waals surface area contributed by atoms with Gasteiger partial charge < -0.3 is 24.6 Å². The van der Waals surface area contributed by atoms with Crippen LogP contribution in [0.15, 0.2) is 42.5 Å². The van der Waals surface area contributed by atoms with Crippen molar-refractivity contribution in [2.45, 2.75) is 31.9 Å². The van der Waals surface area contributed by atoms with Gasteiger partial charge in [0.25, 0.3) is 5.91 Å². The van der Waals surface area contributed by atoms with Crippen molar-refractivity contribution in [1.82, 2.24) is 15.1 Å². The van der Waals surface area contributed by atoms with Crippen LogP contribution in [0.5, 0.6) is 17.2 Å². The Balaban J connectivity index is 1.65. The standard InChI is InChI=1S/C24H25N3O5/c1-2-31-19-12-14(9-10-18(19)29)23-20-21(16-7-3-4-8-17(16)28)25-26-22(20)24(30)27(23)13-15-6-5-11-32-15/h3-4,7-10,12,15,23,28-29H,2,5-6,11,13H2,1H3,(H,25,26). The maximum Gasteiger partial charge on any atom is 0.273 e. The molecular weight excluding hydrogens is 410 g/mol. The van der Waals surface area contributed by atoms with E-state index in [9.17, 15) is 15.0 Å². The number of nitrogens with zero attached hydrogens (tertiary/aromatic N) is 2. The Kier molecular flexibility index (Phi) is 5.22. The number of phenolic OH excluding ortho intramolecular Hbond substituents is 2. The number of fused-ring (bicyclic) bond motifs is 1. The zero-order valence-corrected chi connectivity index (χ0v) is 17.7. The van der Waals surface area contributed by atoms with Gasteiger partial charge in [0.15, 0.2) is 11.5 Å². The summed E-state index contributed by atoms with van der Waals surface area (Å²) in [5.74, 6) is 0.321. The second-order valence-corrected chi connectivity index (χ2v) is 8.03. The number of nitrogens with one attached hydrogen (secondary N) is 1. The molecule has 0 spiro atoms. The third kappa shape index (κ3) is 3.36. The van der Waals surface area contributed by atoms with Gasteiger partial charge in [-0.15, -0.1) is 0 Å². The highest BCUT2D eigenvalue weighted by Gasteiger charge is 2.43. The Hall–Kier alpha value is -3.52. The van der Waals surface area contributed by atoms with Crippen LogP contribution < -0.4 is 4.74 Å². The number of amides is 1. The molecule has 3 aromatic rings. The third-order valence-electron chi connectivity index (χ3n) is 6.05. The molecule has 0 saturated carbocycles. The van der Waals surface area contributed by atoms with Crippen LogP contribution in [0.1, 0.15) is 47.4 Å². The van der Waals surface area contributed by atoms with Crippen molar-refractivity contribution >= 4 is 5.91 Å². The molecule has 8 nitrogen and oxygen atoms in total. The van der Waals surface area contributed by atoms with E-state index in [2.05, 4.69) is 10.2 Å². The minimum Gasteiger partial charge on any atom is -0.507 e. The van der Waals surface area contributed by atoms with E-state index < -0.39 is 6.04 Å². The number of H-pyrrole nitrogens is 1. The SMILES string of the molecule is CCOc1cc(C2c3c(-c4ccccc4O)n[nH]c3C(=O)N2CC2CCCO2)ccc1O. The van der Waals surface area contributed by atoms with Crippen molar-refractivity contribution in [1.29, 1.82) is 0 Å². The van der Waals surface area contributed by atoms with Gasteiger partial charge in [0.1, 0.15) is 17.1 Å². The minimum absolute atomic E-state index is 0.0320. The fourth-order valence-corrected chi connectivity index (χ4v) is 4.59. The molecule has 0 aliphatic carbocycles. The van der Waals surface area contributed by atoms with Crippen molar-refractivity contribution in [2.24, 2.45) is 0 Å². The second kappa shape index (κ2) is 8.20.